The van der Waals surface area contributed by atoms with Gasteiger partial charge in [0.2, 0.25) is 0 Å². The van der Waals surface area contributed by atoms with Gasteiger partial charge in [-0.05, 0) is 43.9 Å². The van der Waals surface area contributed by atoms with Gasteiger partial charge in [-0.15, -0.1) is 0 Å². The van der Waals surface area contributed by atoms with Crippen molar-refractivity contribution in [1.29, 1.82) is 5.26 Å². The van der Waals surface area contributed by atoms with Gasteiger partial charge in [-0.1, -0.05) is 25.4 Å². The van der Waals surface area contributed by atoms with Crippen LogP contribution in [0.1, 0.15) is 45.1 Å². The summed E-state index contributed by atoms with van der Waals surface area (Å²) in [5, 5.41) is 13.0. The summed E-state index contributed by atoms with van der Waals surface area (Å²) < 4.78 is 5.98. The molecule has 1 saturated heterocycles. The van der Waals surface area contributed by atoms with Gasteiger partial charge in [-0.25, -0.2) is 0 Å². The van der Waals surface area contributed by atoms with Gasteiger partial charge < -0.3 is 10.1 Å². The fraction of sp³-hybridized carbons (Fsp3) is 0.562. The molecule has 0 saturated carbocycles. The van der Waals surface area contributed by atoms with Crippen LogP contribution in [0.3, 0.4) is 0 Å². The van der Waals surface area contributed by atoms with E-state index in [1.54, 1.807) is 12.1 Å². The topological polar surface area (TPSA) is 45.0 Å². The lowest BCUT2D eigenvalue weighted by molar-refractivity contribution is -0.0864. The minimum absolute atomic E-state index is 0.00497. The maximum atomic E-state index is 8.86. The Morgan fingerprint density at radius 2 is 2.20 bits per heavy atom. The van der Waals surface area contributed by atoms with Gasteiger partial charge in [-0.2, -0.15) is 5.26 Å². The molecule has 1 fully saturated rings. The Morgan fingerprint density at radius 1 is 1.45 bits per heavy atom. The molecule has 20 heavy (non-hydrogen) atoms. The third-order valence-corrected chi connectivity index (χ3v) is 4.55. The average molecular weight is 293 g/mol. The highest BCUT2D eigenvalue weighted by Crippen LogP contribution is 2.34. The lowest BCUT2D eigenvalue weighted by Crippen LogP contribution is -2.43. The molecule has 0 amide bonds. The minimum atomic E-state index is -0.00497. The third-order valence-electron chi connectivity index (χ3n) is 4.24. The standard InChI is InChI=1S/C16H21ClN2O/c1-3-16(4-2)10-13(7-8-20-16)19-15-6-5-12(11-18)9-14(15)17/h5-6,9,13,19H,3-4,7-8,10H2,1-2H3. The molecule has 1 aliphatic rings. The average Bonchev–Trinajstić information content (AvgIpc) is 2.49. The number of halogens is 1. The van der Waals surface area contributed by atoms with Gasteiger partial charge >= 0.3 is 0 Å². The molecule has 1 heterocycles. The Labute approximate surface area is 125 Å². The highest BCUT2D eigenvalue weighted by molar-refractivity contribution is 6.33. The van der Waals surface area contributed by atoms with E-state index >= 15 is 0 Å². The van der Waals surface area contributed by atoms with Crippen molar-refractivity contribution in [3.8, 4) is 6.07 Å². The Balaban J connectivity index is 2.08. The number of benzene rings is 1. The lowest BCUT2D eigenvalue weighted by Gasteiger charge is -2.40. The first-order valence-electron chi connectivity index (χ1n) is 7.22. The van der Waals surface area contributed by atoms with E-state index in [2.05, 4.69) is 25.2 Å². The molecule has 4 heteroatoms. The molecular formula is C16H21ClN2O. The number of nitrogens with one attached hydrogen (secondary N) is 1. The van der Waals surface area contributed by atoms with Gasteiger partial charge in [0.25, 0.3) is 0 Å². The van der Waals surface area contributed by atoms with E-state index in [9.17, 15) is 0 Å². The van der Waals surface area contributed by atoms with E-state index in [-0.39, 0.29) is 5.60 Å². The Kier molecular flexibility index (Phi) is 4.91. The lowest BCUT2D eigenvalue weighted by atomic mass is 9.86. The van der Waals surface area contributed by atoms with E-state index in [1.807, 2.05) is 6.07 Å². The zero-order valence-corrected chi connectivity index (χ0v) is 12.8. The zero-order chi connectivity index (χ0) is 14.6. The van der Waals surface area contributed by atoms with Gasteiger partial charge in [0, 0.05) is 12.6 Å². The highest BCUT2D eigenvalue weighted by Gasteiger charge is 2.34. The number of anilines is 1. The fourth-order valence-electron chi connectivity index (χ4n) is 2.82. The summed E-state index contributed by atoms with van der Waals surface area (Å²) in [6.07, 6.45) is 4.04. The van der Waals surface area contributed by atoms with Gasteiger partial charge in [0.05, 0.1) is 27.9 Å². The van der Waals surface area contributed by atoms with E-state index in [4.69, 9.17) is 21.6 Å². The molecule has 1 N–H and O–H groups in total. The molecule has 0 aromatic heterocycles. The molecule has 0 aliphatic carbocycles. The van der Waals surface area contributed by atoms with E-state index < -0.39 is 0 Å². The highest BCUT2D eigenvalue weighted by atomic mass is 35.5. The van der Waals surface area contributed by atoms with Crippen molar-refractivity contribution in [3.05, 3.63) is 28.8 Å². The molecule has 3 nitrogen and oxygen atoms in total. The molecular weight excluding hydrogens is 272 g/mol. The summed E-state index contributed by atoms with van der Waals surface area (Å²) in [5.74, 6) is 0. The van der Waals surface area contributed by atoms with Crippen LogP contribution < -0.4 is 5.32 Å². The zero-order valence-electron chi connectivity index (χ0n) is 12.1. The fourth-order valence-corrected chi connectivity index (χ4v) is 3.05. The van der Waals surface area contributed by atoms with E-state index in [1.165, 1.54) is 0 Å². The van der Waals surface area contributed by atoms with Crippen molar-refractivity contribution in [2.24, 2.45) is 0 Å². The molecule has 0 radical (unpaired) electrons. The van der Waals surface area contributed by atoms with Crippen molar-refractivity contribution < 1.29 is 4.74 Å². The van der Waals surface area contributed by atoms with Crippen molar-refractivity contribution in [2.45, 2.75) is 51.2 Å². The summed E-state index contributed by atoms with van der Waals surface area (Å²) in [4.78, 5) is 0. The number of hydrogen-bond donors (Lipinski definition) is 1. The van der Waals surface area contributed by atoms with Gasteiger partial charge in [-0.3, -0.25) is 0 Å². The van der Waals surface area contributed by atoms with Crippen LogP contribution in [0.4, 0.5) is 5.69 Å². The second kappa shape index (κ2) is 6.47. The number of hydrogen-bond acceptors (Lipinski definition) is 3. The number of nitrogens with zero attached hydrogens (tertiary/aromatic N) is 1. The summed E-state index contributed by atoms with van der Waals surface area (Å²) in [5.41, 5.74) is 1.48. The van der Waals surface area contributed by atoms with Crippen LogP contribution in [0.2, 0.25) is 5.02 Å². The molecule has 2 rings (SSSR count). The molecule has 1 aromatic carbocycles. The first kappa shape index (κ1) is 15.2. The normalized spacial score (nSPS) is 21.2. The molecule has 1 aliphatic heterocycles. The summed E-state index contributed by atoms with van der Waals surface area (Å²) in [6.45, 7) is 5.15. The summed E-state index contributed by atoms with van der Waals surface area (Å²) in [7, 11) is 0. The van der Waals surface area contributed by atoms with Crippen molar-refractivity contribution >= 4 is 17.3 Å². The van der Waals surface area contributed by atoms with Crippen molar-refractivity contribution in [3.63, 3.8) is 0 Å². The maximum Gasteiger partial charge on any atom is 0.0992 e. The van der Waals surface area contributed by atoms with Crippen LogP contribution in [0.15, 0.2) is 18.2 Å². The van der Waals surface area contributed by atoms with Crippen molar-refractivity contribution in [1.82, 2.24) is 0 Å². The second-order valence-electron chi connectivity index (χ2n) is 5.38. The first-order chi connectivity index (χ1) is 9.62. The van der Waals surface area contributed by atoms with Gasteiger partial charge in [0.1, 0.15) is 0 Å². The first-order valence-corrected chi connectivity index (χ1v) is 7.60. The van der Waals surface area contributed by atoms with Crippen LogP contribution in [0, 0.1) is 11.3 Å². The predicted molar refractivity (Wildman–Crippen MR) is 82.1 cm³/mol. The Morgan fingerprint density at radius 3 is 2.80 bits per heavy atom. The smallest absolute Gasteiger partial charge is 0.0992 e. The molecule has 1 atom stereocenters. The Hall–Kier alpha value is -1.24. The Bertz CT molecular complexity index is 506. The van der Waals surface area contributed by atoms with Crippen molar-refractivity contribution in [2.75, 3.05) is 11.9 Å². The molecule has 1 unspecified atom stereocenters. The molecule has 1 aromatic rings. The van der Waals surface area contributed by atoms with Crippen LogP contribution in [0.25, 0.3) is 0 Å². The quantitative estimate of drug-likeness (QED) is 0.896. The minimum Gasteiger partial charge on any atom is -0.381 e. The summed E-state index contributed by atoms with van der Waals surface area (Å²) >= 11 is 6.22. The van der Waals surface area contributed by atoms with Crippen LogP contribution in [-0.2, 0) is 4.74 Å². The van der Waals surface area contributed by atoms with Crippen LogP contribution >= 0.6 is 11.6 Å². The maximum absolute atomic E-state index is 8.86. The van der Waals surface area contributed by atoms with Crippen LogP contribution in [0.5, 0.6) is 0 Å². The second-order valence-corrected chi connectivity index (χ2v) is 5.79. The molecule has 0 bridgehead atoms. The number of nitriles is 1. The predicted octanol–water partition coefficient (Wildman–Crippen LogP) is 4.36. The number of rotatable bonds is 4. The largest absolute Gasteiger partial charge is 0.381 e. The van der Waals surface area contributed by atoms with Crippen LogP contribution in [-0.4, -0.2) is 18.2 Å². The summed E-state index contributed by atoms with van der Waals surface area (Å²) in [6, 6.07) is 7.85. The molecule has 0 spiro atoms. The van der Waals surface area contributed by atoms with Gasteiger partial charge in [0.15, 0.2) is 0 Å². The van der Waals surface area contributed by atoms with E-state index in [0.717, 1.165) is 38.0 Å². The SMILES string of the molecule is CCC1(CC)CC(Nc2ccc(C#N)cc2Cl)CCO1. The van der Waals surface area contributed by atoms with E-state index in [0.29, 0.717) is 16.6 Å². The monoisotopic (exact) mass is 292 g/mol. The number of ether oxygens (including phenoxy) is 1. The molecule has 108 valence electrons. The third kappa shape index (κ3) is 3.26.